The van der Waals surface area contributed by atoms with Gasteiger partial charge in [0.1, 0.15) is 11.5 Å². The van der Waals surface area contributed by atoms with E-state index in [0.29, 0.717) is 17.2 Å². The Morgan fingerprint density at radius 2 is 2.10 bits per heavy atom. The zero-order chi connectivity index (χ0) is 15.1. The molecule has 2 rings (SSSR count). The van der Waals surface area contributed by atoms with E-state index in [4.69, 9.17) is 9.47 Å². The first-order valence-electron chi connectivity index (χ1n) is 6.34. The highest BCUT2D eigenvalue weighted by atomic mass is 16.5. The maximum absolute atomic E-state index is 11.9. The quantitative estimate of drug-likeness (QED) is 0.858. The van der Waals surface area contributed by atoms with Crippen LogP contribution in [-0.2, 0) is 4.79 Å². The number of anilines is 1. The number of methoxy groups -OCH3 is 2. The zero-order valence-electron chi connectivity index (χ0n) is 11.9. The minimum absolute atomic E-state index is 0.259. The first-order valence-corrected chi connectivity index (χ1v) is 6.34. The predicted molar refractivity (Wildman–Crippen MR) is 81.4 cm³/mol. The molecule has 0 unspecified atom stereocenters. The molecule has 0 saturated carbocycles. The smallest absolute Gasteiger partial charge is 0.248 e. The normalized spacial score (nSPS) is 10.4. The summed E-state index contributed by atoms with van der Waals surface area (Å²) in [6, 6.07) is 8.87. The number of hydrogen-bond donors (Lipinski definition) is 1. The van der Waals surface area contributed by atoms with Crippen LogP contribution in [0.3, 0.4) is 0 Å². The van der Waals surface area contributed by atoms with Crippen molar-refractivity contribution >= 4 is 17.7 Å². The molecule has 0 atom stereocenters. The molecule has 0 radical (unpaired) electrons. The van der Waals surface area contributed by atoms with Gasteiger partial charge in [0.2, 0.25) is 5.91 Å². The fourth-order valence-corrected chi connectivity index (χ4v) is 1.73. The average Bonchev–Trinajstić information content (AvgIpc) is 2.54. The summed E-state index contributed by atoms with van der Waals surface area (Å²) in [5, 5.41) is 2.76. The van der Waals surface area contributed by atoms with Crippen LogP contribution in [0.1, 0.15) is 5.56 Å². The van der Waals surface area contributed by atoms with Gasteiger partial charge in [0.05, 0.1) is 19.9 Å². The Morgan fingerprint density at radius 3 is 2.76 bits per heavy atom. The van der Waals surface area contributed by atoms with E-state index in [2.05, 4.69) is 10.3 Å². The molecule has 0 spiro atoms. The maximum atomic E-state index is 11.9. The van der Waals surface area contributed by atoms with Gasteiger partial charge in [-0.15, -0.1) is 0 Å². The van der Waals surface area contributed by atoms with Crippen molar-refractivity contribution in [2.24, 2.45) is 0 Å². The van der Waals surface area contributed by atoms with E-state index in [1.54, 1.807) is 50.9 Å². The minimum atomic E-state index is -0.259. The number of aromatic nitrogens is 1. The summed E-state index contributed by atoms with van der Waals surface area (Å²) in [5.41, 5.74) is 1.41. The Bertz CT molecular complexity index is 639. The van der Waals surface area contributed by atoms with Gasteiger partial charge in [-0.1, -0.05) is 6.07 Å². The van der Waals surface area contributed by atoms with Crippen molar-refractivity contribution in [3.05, 3.63) is 54.4 Å². The van der Waals surface area contributed by atoms with Crippen molar-refractivity contribution in [1.29, 1.82) is 0 Å². The van der Waals surface area contributed by atoms with Gasteiger partial charge in [0, 0.05) is 24.5 Å². The number of benzene rings is 1. The van der Waals surface area contributed by atoms with Crippen LogP contribution in [0.4, 0.5) is 5.69 Å². The topological polar surface area (TPSA) is 60.5 Å². The summed E-state index contributed by atoms with van der Waals surface area (Å²) < 4.78 is 10.3. The van der Waals surface area contributed by atoms with Crippen LogP contribution in [0.5, 0.6) is 11.5 Å². The highest BCUT2D eigenvalue weighted by Gasteiger charge is 2.07. The molecular weight excluding hydrogens is 268 g/mol. The summed E-state index contributed by atoms with van der Waals surface area (Å²) >= 11 is 0. The molecular formula is C16H16N2O3. The Morgan fingerprint density at radius 1 is 1.24 bits per heavy atom. The molecule has 0 fully saturated rings. The molecule has 108 valence electrons. The second-order valence-electron chi connectivity index (χ2n) is 4.18. The number of rotatable bonds is 5. The Kier molecular flexibility index (Phi) is 4.93. The molecule has 1 heterocycles. The van der Waals surface area contributed by atoms with E-state index in [-0.39, 0.29) is 5.91 Å². The molecule has 1 N–H and O–H groups in total. The maximum Gasteiger partial charge on any atom is 0.248 e. The molecule has 1 amide bonds. The predicted octanol–water partition coefficient (Wildman–Crippen LogP) is 2.75. The van der Waals surface area contributed by atoms with Gasteiger partial charge in [-0.3, -0.25) is 9.78 Å². The number of nitrogens with zero attached hydrogens (tertiary/aromatic N) is 1. The number of hydrogen-bond acceptors (Lipinski definition) is 4. The lowest BCUT2D eigenvalue weighted by Gasteiger charge is -2.10. The Hall–Kier alpha value is -2.82. The molecule has 0 aliphatic heterocycles. The first kappa shape index (κ1) is 14.6. The van der Waals surface area contributed by atoms with Crippen molar-refractivity contribution in [3.63, 3.8) is 0 Å². The van der Waals surface area contributed by atoms with Crippen molar-refractivity contribution in [2.45, 2.75) is 0 Å². The van der Waals surface area contributed by atoms with Crippen LogP contribution in [0.25, 0.3) is 6.08 Å². The lowest BCUT2D eigenvalue weighted by atomic mass is 10.2. The highest BCUT2D eigenvalue weighted by molar-refractivity contribution is 6.02. The lowest BCUT2D eigenvalue weighted by molar-refractivity contribution is -0.111. The third kappa shape index (κ3) is 4.07. The number of amides is 1. The summed E-state index contributed by atoms with van der Waals surface area (Å²) in [6.45, 7) is 0. The van der Waals surface area contributed by atoms with E-state index in [1.165, 1.54) is 6.08 Å². The van der Waals surface area contributed by atoms with Gasteiger partial charge >= 0.3 is 0 Å². The van der Waals surface area contributed by atoms with E-state index >= 15 is 0 Å². The fraction of sp³-hybridized carbons (Fsp3) is 0.125. The first-order chi connectivity index (χ1) is 10.2. The summed E-state index contributed by atoms with van der Waals surface area (Å²) in [5.74, 6) is 0.951. The summed E-state index contributed by atoms with van der Waals surface area (Å²) in [6.07, 6.45) is 6.49. The van der Waals surface area contributed by atoms with Gasteiger partial charge in [-0.25, -0.2) is 0 Å². The van der Waals surface area contributed by atoms with E-state index in [1.807, 2.05) is 12.1 Å². The molecule has 1 aromatic carbocycles. The average molecular weight is 284 g/mol. The van der Waals surface area contributed by atoms with Gasteiger partial charge in [0.15, 0.2) is 0 Å². The van der Waals surface area contributed by atoms with Gasteiger partial charge in [-0.05, 0) is 29.8 Å². The van der Waals surface area contributed by atoms with Crippen LogP contribution < -0.4 is 14.8 Å². The number of carbonyl (C=O) groups excluding carboxylic acids is 1. The summed E-state index contributed by atoms with van der Waals surface area (Å²) in [4.78, 5) is 15.9. The van der Waals surface area contributed by atoms with Crippen molar-refractivity contribution < 1.29 is 14.3 Å². The number of nitrogens with one attached hydrogen (secondary N) is 1. The van der Waals surface area contributed by atoms with Crippen LogP contribution in [0, 0.1) is 0 Å². The van der Waals surface area contributed by atoms with Gasteiger partial charge in [0.25, 0.3) is 0 Å². The molecule has 0 aliphatic carbocycles. The van der Waals surface area contributed by atoms with E-state index < -0.39 is 0 Å². The SMILES string of the molecule is COc1ccc(OC)c(NC(=O)/C=C/c2cccnc2)c1. The molecule has 0 saturated heterocycles. The minimum Gasteiger partial charge on any atom is -0.497 e. The second-order valence-corrected chi connectivity index (χ2v) is 4.18. The lowest BCUT2D eigenvalue weighted by Crippen LogP contribution is -2.09. The molecule has 2 aromatic rings. The third-order valence-corrected chi connectivity index (χ3v) is 2.78. The standard InChI is InChI=1S/C16H16N2O3/c1-20-13-6-7-15(21-2)14(10-13)18-16(19)8-5-12-4-3-9-17-11-12/h3-11H,1-2H3,(H,18,19)/b8-5+. The number of carbonyl (C=O) groups is 1. The highest BCUT2D eigenvalue weighted by Crippen LogP contribution is 2.28. The van der Waals surface area contributed by atoms with Crippen molar-refractivity contribution in [1.82, 2.24) is 4.98 Å². The van der Waals surface area contributed by atoms with Crippen molar-refractivity contribution in [2.75, 3.05) is 19.5 Å². The number of pyridine rings is 1. The van der Waals surface area contributed by atoms with Gasteiger partial charge in [-0.2, -0.15) is 0 Å². The molecule has 0 bridgehead atoms. The van der Waals surface area contributed by atoms with Crippen LogP contribution in [0.2, 0.25) is 0 Å². The second kappa shape index (κ2) is 7.09. The zero-order valence-corrected chi connectivity index (χ0v) is 11.9. The molecule has 5 nitrogen and oxygen atoms in total. The van der Waals surface area contributed by atoms with Crippen LogP contribution in [0.15, 0.2) is 48.8 Å². The van der Waals surface area contributed by atoms with Crippen LogP contribution >= 0.6 is 0 Å². The number of ether oxygens (including phenoxy) is 2. The van der Waals surface area contributed by atoms with E-state index in [0.717, 1.165) is 5.56 Å². The monoisotopic (exact) mass is 284 g/mol. The Labute approximate surface area is 123 Å². The largest absolute Gasteiger partial charge is 0.497 e. The Balaban J connectivity index is 2.10. The van der Waals surface area contributed by atoms with E-state index in [9.17, 15) is 4.79 Å². The van der Waals surface area contributed by atoms with Gasteiger partial charge < -0.3 is 14.8 Å². The fourth-order valence-electron chi connectivity index (χ4n) is 1.73. The third-order valence-electron chi connectivity index (χ3n) is 2.78. The molecule has 1 aromatic heterocycles. The summed E-state index contributed by atoms with van der Waals surface area (Å²) in [7, 11) is 3.11. The molecule has 5 heteroatoms. The van der Waals surface area contributed by atoms with Crippen molar-refractivity contribution in [3.8, 4) is 11.5 Å². The van der Waals surface area contributed by atoms with Crippen LogP contribution in [-0.4, -0.2) is 25.1 Å². The molecule has 0 aliphatic rings. The molecule has 21 heavy (non-hydrogen) atoms.